The van der Waals surface area contributed by atoms with E-state index >= 15 is 0 Å². The number of pyridine rings is 1. The fraction of sp³-hybridized carbons (Fsp3) is 0.0833. The Morgan fingerprint density at radius 3 is 2.68 bits per heavy atom. The van der Waals surface area contributed by atoms with E-state index in [4.69, 9.17) is 21.1 Å². The van der Waals surface area contributed by atoms with Crippen LogP contribution in [0.4, 0.5) is 5.69 Å². The summed E-state index contributed by atoms with van der Waals surface area (Å²) in [4.78, 5) is 14.0. The van der Waals surface area contributed by atoms with Gasteiger partial charge in [-0.15, -0.1) is 0 Å². The SMILES string of the molecule is COc1ccc([N+](=O)[O-])cc1Oc1ccnc(Cl)c1. The fourth-order valence-corrected chi connectivity index (χ4v) is 1.60. The molecule has 6 nitrogen and oxygen atoms in total. The molecule has 0 fully saturated rings. The number of methoxy groups -OCH3 is 1. The third-order valence-corrected chi connectivity index (χ3v) is 2.49. The molecule has 2 aromatic rings. The molecule has 0 saturated heterocycles. The summed E-state index contributed by atoms with van der Waals surface area (Å²) >= 11 is 5.74. The Labute approximate surface area is 113 Å². The second-order valence-corrected chi connectivity index (χ2v) is 3.90. The number of nitro groups is 1. The van der Waals surface area contributed by atoms with Crippen LogP contribution in [0.2, 0.25) is 5.15 Å². The summed E-state index contributed by atoms with van der Waals surface area (Å²) < 4.78 is 10.6. The Hall–Kier alpha value is -2.34. The third kappa shape index (κ3) is 3.11. The van der Waals surface area contributed by atoms with Crippen LogP contribution in [0.25, 0.3) is 0 Å². The van der Waals surface area contributed by atoms with Gasteiger partial charge in [0.15, 0.2) is 11.5 Å². The zero-order chi connectivity index (χ0) is 13.8. The topological polar surface area (TPSA) is 74.5 Å². The van der Waals surface area contributed by atoms with Crippen LogP contribution in [0.15, 0.2) is 36.5 Å². The van der Waals surface area contributed by atoms with Crippen molar-refractivity contribution in [3.8, 4) is 17.2 Å². The summed E-state index contributed by atoms with van der Waals surface area (Å²) in [5, 5.41) is 11.0. The Morgan fingerprint density at radius 2 is 2.05 bits per heavy atom. The van der Waals surface area contributed by atoms with Gasteiger partial charge in [-0.1, -0.05) is 11.6 Å². The molecule has 0 amide bonds. The summed E-state index contributed by atoms with van der Waals surface area (Å²) in [6.07, 6.45) is 1.47. The number of aromatic nitrogens is 1. The summed E-state index contributed by atoms with van der Waals surface area (Å²) in [5.41, 5.74) is -0.0871. The number of ether oxygens (including phenoxy) is 2. The average molecular weight is 281 g/mol. The van der Waals surface area contributed by atoms with Crippen molar-refractivity contribution in [2.24, 2.45) is 0 Å². The Bertz CT molecular complexity index is 618. The van der Waals surface area contributed by atoms with Crippen LogP contribution in [0, 0.1) is 10.1 Å². The first-order chi connectivity index (χ1) is 9.10. The van der Waals surface area contributed by atoms with Crippen molar-refractivity contribution in [2.45, 2.75) is 0 Å². The third-order valence-electron chi connectivity index (χ3n) is 2.28. The molecule has 1 aromatic heterocycles. The maximum Gasteiger partial charge on any atom is 0.273 e. The van der Waals surface area contributed by atoms with E-state index in [1.54, 1.807) is 6.07 Å². The van der Waals surface area contributed by atoms with Crippen molar-refractivity contribution in [3.05, 3.63) is 51.8 Å². The van der Waals surface area contributed by atoms with E-state index in [9.17, 15) is 10.1 Å². The quantitative estimate of drug-likeness (QED) is 0.487. The minimum Gasteiger partial charge on any atom is -0.493 e. The molecule has 0 bridgehead atoms. The average Bonchev–Trinajstić information content (AvgIpc) is 2.38. The van der Waals surface area contributed by atoms with E-state index in [1.165, 1.54) is 37.6 Å². The fourth-order valence-electron chi connectivity index (χ4n) is 1.43. The van der Waals surface area contributed by atoms with Crippen molar-refractivity contribution in [3.63, 3.8) is 0 Å². The number of nitrogens with zero attached hydrogens (tertiary/aromatic N) is 2. The monoisotopic (exact) mass is 280 g/mol. The number of hydrogen-bond acceptors (Lipinski definition) is 5. The summed E-state index contributed by atoms with van der Waals surface area (Å²) in [6, 6.07) is 7.18. The summed E-state index contributed by atoms with van der Waals surface area (Å²) in [5.74, 6) is 1.04. The molecule has 1 heterocycles. The van der Waals surface area contributed by atoms with Crippen molar-refractivity contribution in [2.75, 3.05) is 7.11 Å². The Balaban J connectivity index is 2.37. The van der Waals surface area contributed by atoms with E-state index in [2.05, 4.69) is 4.98 Å². The van der Waals surface area contributed by atoms with Crippen LogP contribution in [-0.4, -0.2) is 17.0 Å². The molecule has 98 valence electrons. The van der Waals surface area contributed by atoms with E-state index in [0.29, 0.717) is 11.5 Å². The first-order valence-electron chi connectivity index (χ1n) is 5.22. The maximum atomic E-state index is 10.7. The molecule has 1 aromatic carbocycles. The molecular weight excluding hydrogens is 272 g/mol. The van der Waals surface area contributed by atoms with E-state index in [0.717, 1.165) is 0 Å². The lowest BCUT2D eigenvalue weighted by molar-refractivity contribution is -0.384. The second-order valence-electron chi connectivity index (χ2n) is 3.51. The Kier molecular flexibility index (Phi) is 3.82. The van der Waals surface area contributed by atoms with Crippen LogP contribution >= 0.6 is 11.6 Å². The largest absolute Gasteiger partial charge is 0.493 e. The number of benzene rings is 1. The molecular formula is C12H9ClN2O4. The van der Waals surface area contributed by atoms with Crippen LogP contribution in [0.5, 0.6) is 17.2 Å². The van der Waals surface area contributed by atoms with Gasteiger partial charge >= 0.3 is 0 Å². The van der Waals surface area contributed by atoms with Crippen molar-refractivity contribution in [1.29, 1.82) is 0 Å². The molecule has 0 saturated carbocycles. The lowest BCUT2D eigenvalue weighted by Gasteiger charge is -2.09. The van der Waals surface area contributed by atoms with Gasteiger partial charge in [0.25, 0.3) is 5.69 Å². The van der Waals surface area contributed by atoms with Gasteiger partial charge in [-0.05, 0) is 12.1 Å². The number of nitro benzene ring substituents is 1. The minimum atomic E-state index is -0.508. The maximum absolute atomic E-state index is 10.7. The van der Waals surface area contributed by atoms with Crippen LogP contribution in [0.1, 0.15) is 0 Å². The predicted octanol–water partition coefficient (Wildman–Crippen LogP) is 3.44. The highest BCUT2D eigenvalue weighted by Gasteiger charge is 2.13. The smallest absolute Gasteiger partial charge is 0.273 e. The number of hydrogen-bond donors (Lipinski definition) is 0. The first kappa shape index (κ1) is 13.1. The molecule has 0 aliphatic rings. The molecule has 2 rings (SSSR count). The Morgan fingerprint density at radius 1 is 1.26 bits per heavy atom. The molecule has 0 atom stereocenters. The normalized spacial score (nSPS) is 10.0. The van der Waals surface area contributed by atoms with Gasteiger partial charge < -0.3 is 9.47 Å². The van der Waals surface area contributed by atoms with Gasteiger partial charge in [-0.3, -0.25) is 10.1 Å². The van der Waals surface area contributed by atoms with E-state index < -0.39 is 4.92 Å². The minimum absolute atomic E-state index is 0.0871. The van der Waals surface area contributed by atoms with Gasteiger partial charge in [-0.2, -0.15) is 0 Å². The summed E-state index contributed by atoms with van der Waals surface area (Å²) in [6.45, 7) is 0. The van der Waals surface area contributed by atoms with Gasteiger partial charge in [0, 0.05) is 18.3 Å². The number of rotatable bonds is 4. The highest BCUT2D eigenvalue weighted by molar-refractivity contribution is 6.29. The molecule has 0 radical (unpaired) electrons. The number of halogens is 1. The summed E-state index contributed by atoms with van der Waals surface area (Å²) in [7, 11) is 1.45. The van der Waals surface area contributed by atoms with Crippen LogP contribution in [-0.2, 0) is 0 Å². The van der Waals surface area contributed by atoms with Gasteiger partial charge in [0.05, 0.1) is 18.1 Å². The highest BCUT2D eigenvalue weighted by Crippen LogP contribution is 2.34. The molecule has 0 unspecified atom stereocenters. The molecule has 0 N–H and O–H groups in total. The van der Waals surface area contributed by atoms with Crippen LogP contribution in [0.3, 0.4) is 0 Å². The lowest BCUT2D eigenvalue weighted by Crippen LogP contribution is -1.93. The zero-order valence-electron chi connectivity index (χ0n) is 9.87. The van der Waals surface area contributed by atoms with Crippen molar-refractivity contribution >= 4 is 17.3 Å². The van der Waals surface area contributed by atoms with Gasteiger partial charge in [0.1, 0.15) is 10.9 Å². The predicted molar refractivity (Wildman–Crippen MR) is 69.0 cm³/mol. The molecule has 0 spiro atoms. The lowest BCUT2D eigenvalue weighted by atomic mass is 10.3. The zero-order valence-corrected chi connectivity index (χ0v) is 10.6. The van der Waals surface area contributed by atoms with Crippen LogP contribution < -0.4 is 9.47 Å². The standard InChI is InChI=1S/C12H9ClN2O4/c1-18-10-3-2-8(15(16)17)6-11(10)19-9-4-5-14-12(13)7-9/h2-7H,1H3. The molecule has 0 aliphatic heterocycles. The van der Waals surface area contributed by atoms with Crippen molar-refractivity contribution in [1.82, 2.24) is 4.98 Å². The van der Waals surface area contributed by atoms with E-state index in [1.807, 2.05) is 0 Å². The van der Waals surface area contributed by atoms with Crippen molar-refractivity contribution < 1.29 is 14.4 Å². The van der Waals surface area contributed by atoms with E-state index in [-0.39, 0.29) is 16.6 Å². The molecule has 19 heavy (non-hydrogen) atoms. The van der Waals surface area contributed by atoms with Gasteiger partial charge in [0.2, 0.25) is 0 Å². The second kappa shape index (κ2) is 5.53. The van der Waals surface area contributed by atoms with Gasteiger partial charge in [-0.25, -0.2) is 4.98 Å². The highest BCUT2D eigenvalue weighted by atomic mass is 35.5. The molecule has 7 heteroatoms. The molecule has 0 aliphatic carbocycles. The number of non-ortho nitro benzene ring substituents is 1. The first-order valence-corrected chi connectivity index (χ1v) is 5.60.